The Bertz CT molecular complexity index is 568. The lowest BCUT2D eigenvalue weighted by Gasteiger charge is -2.16. The lowest BCUT2D eigenvalue weighted by atomic mass is 9.99. The molecule has 0 fully saturated rings. The zero-order chi connectivity index (χ0) is 15.3. The summed E-state index contributed by atoms with van der Waals surface area (Å²) in [5.74, 6) is 0.678. The molecule has 0 amide bonds. The van der Waals surface area contributed by atoms with Gasteiger partial charge in [-0.25, -0.2) is 13.1 Å². The molecule has 0 bridgehead atoms. The van der Waals surface area contributed by atoms with Gasteiger partial charge in [0, 0.05) is 12.1 Å². The monoisotopic (exact) mass is 314 g/mol. The molecule has 0 saturated carbocycles. The minimum atomic E-state index is -3.34. The van der Waals surface area contributed by atoms with Gasteiger partial charge in [0.1, 0.15) is 4.99 Å². The first kappa shape index (κ1) is 17.1. The fourth-order valence-corrected chi connectivity index (χ4v) is 2.94. The van der Waals surface area contributed by atoms with Crippen molar-refractivity contribution in [3.63, 3.8) is 0 Å². The highest BCUT2D eigenvalue weighted by atomic mass is 32.2. The van der Waals surface area contributed by atoms with Crippen LogP contribution in [0.3, 0.4) is 0 Å². The first-order chi connectivity index (χ1) is 9.21. The molecule has 0 heterocycles. The van der Waals surface area contributed by atoms with Gasteiger partial charge < -0.3 is 5.73 Å². The van der Waals surface area contributed by atoms with Crippen LogP contribution in [0.25, 0.3) is 0 Å². The maximum absolute atomic E-state index is 12.0. The second-order valence-electron chi connectivity index (χ2n) is 5.39. The molecule has 112 valence electrons. The van der Waals surface area contributed by atoms with Crippen molar-refractivity contribution >= 4 is 27.2 Å². The summed E-state index contributed by atoms with van der Waals surface area (Å²) < 4.78 is 26.7. The number of sulfonamides is 1. The van der Waals surface area contributed by atoms with Gasteiger partial charge in [0.2, 0.25) is 10.0 Å². The smallest absolute Gasteiger partial charge is 0.215 e. The predicted molar refractivity (Wildman–Crippen MR) is 87.0 cm³/mol. The van der Waals surface area contributed by atoms with Crippen molar-refractivity contribution in [2.24, 2.45) is 17.6 Å². The molecule has 1 aromatic carbocycles. The van der Waals surface area contributed by atoms with E-state index in [0.29, 0.717) is 29.5 Å². The van der Waals surface area contributed by atoms with Crippen molar-refractivity contribution in [3.8, 4) is 0 Å². The highest BCUT2D eigenvalue weighted by Gasteiger charge is 2.15. The Morgan fingerprint density at radius 2 is 2.00 bits per heavy atom. The average molecular weight is 314 g/mol. The van der Waals surface area contributed by atoms with E-state index in [0.717, 1.165) is 0 Å². The van der Waals surface area contributed by atoms with Gasteiger partial charge in [-0.1, -0.05) is 51.2 Å². The van der Waals surface area contributed by atoms with Crippen molar-refractivity contribution in [3.05, 3.63) is 35.4 Å². The first-order valence-electron chi connectivity index (χ1n) is 6.57. The molecule has 0 aliphatic rings. The minimum absolute atomic E-state index is 0.0612. The zero-order valence-electron chi connectivity index (χ0n) is 12.1. The Labute approximate surface area is 126 Å². The highest BCUT2D eigenvalue weighted by Crippen LogP contribution is 2.11. The Hall–Kier alpha value is -0.980. The van der Waals surface area contributed by atoms with Crippen molar-refractivity contribution in [1.82, 2.24) is 4.72 Å². The summed E-state index contributed by atoms with van der Waals surface area (Å²) in [6.07, 6.45) is 0. The molecule has 4 nitrogen and oxygen atoms in total. The summed E-state index contributed by atoms with van der Waals surface area (Å²) in [4.78, 5) is 0.269. The van der Waals surface area contributed by atoms with Gasteiger partial charge in [0.15, 0.2) is 0 Å². The van der Waals surface area contributed by atoms with Crippen LogP contribution < -0.4 is 10.5 Å². The average Bonchev–Trinajstić information content (AvgIpc) is 2.35. The summed E-state index contributed by atoms with van der Waals surface area (Å²) >= 11 is 4.89. The number of nitrogens with two attached hydrogens (primary N) is 1. The van der Waals surface area contributed by atoms with E-state index in [1.54, 1.807) is 24.3 Å². The van der Waals surface area contributed by atoms with Crippen LogP contribution in [0.2, 0.25) is 0 Å². The standard InChI is InChI=1S/C14H22N2O2S2/c1-10(2)11(3)8-16-20(17,18)9-12-5-4-6-13(7-12)14(15)19/h4-7,10-11,16H,8-9H2,1-3H3,(H2,15,19). The van der Waals surface area contributed by atoms with E-state index in [-0.39, 0.29) is 10.7 Å². The lowest BCUT2D eigenvalue weighted by Crippen LogP contribution is -2.31. The fourth-order valence-electron chi connectivity index (χ4n) is 1.58. The van der Waals surface area contributed by atoms with Crippen molar-refractivity contribution < 1.29 is 8.42 Å². The molecule has 0 aromatic heterocycles. The van der Waals surface area contributed by atoms with E-state index in [4.69, 9.17) is 18.0 Å². The number of hydrogen-bond acceptors (Lipinski definition) is 3. The summed E-state index contributed by atoms with van der Waals surface area (Å²) in [5, 5.41) is 0. The van der Waals surface area contributed by atoms with E-state index in [2.05, 4.69) is 18.6 Å². The van der Waals surface area contributed by atoms with Crippen LogP contribution in [0.5, 0.6) is 0 Å². The Kier molecular flexibility index (Phi) is 6.10. The van der Waals surface area contributed by atoms with Crippen molar-refractivity contribution in [2.75, 3.05) is 6.54 Å². The van der Waals surface area contributed by atoms with Crippen molar-refractivity contribution in [1.29, 1.82) is 0 Å². The first-order valence-corrected chi connectivity index (χ1v) is 8.63. The van der Waals surface area contributed by atoms with Gasteiger partial charge >= 0.3 is 0 Å². The molecule has 0 radical (unpaired) electrons. The Morgan fingerprint density at radius 1 is 1.35 bits per heavy atom. The Balaban J connectivity index is 2.71. The molecule has 0 aliphatic heterocycles. The molecule has 6 heteroatoms. The second-order valence-corrected chi connectivity index (χ2v) is 7.64. The number of hydrogen-bond donors (Lipinski definition) is 2. The summed E-state index contributed by atoms with van der Waals surface area (Å²) in [7, 11) is -3.34. The van der Waals surface area contributed by atoms with Gasteiger partial charge in [-0.05, 0) is 23.5 Å². The molecular weight excluding hydrogens is 292 g/mol. The van der Waals surface area contributed by atoms with E-state index in [1.165, 1.54) is 0 Å². The molecular formula is C14H22N2O2S2. The Morgan fingerprint density at radius 3 is 2.55 bits per heavy atom. The molecule has 1 rings (SSSR count). The number of thiocarbonyl (C=S) groups is 1. The summed E-state index contributed by atoms with van der Waals surface area (Å²) in [5.41, 5.74) is 6.91. The van der Waals surface area contributed by atoms with E-state index >= 15 is 0 Å². The molecule has 0 spiro atoms. The van der Waals surface area contributed by atoms with Crippen LogP contribution in [0.4, 0.5) is 0 Å². The van der Waals surface area contributed by atoms with E-state index in [9.17, 15) is 8.42 Å². The second kappa shape index (κ2) is 7.15. The molecule has 20 heavy (non-hydrogen) atoms. The number of benzene rings is 1. The topological polar surface area (TPSA) is 72.2 Å². The summed E-state index contributed by atoms with van der Waals surface area (Å²) in [6, 6.07) is 7.00. The lowest BCUT2D eigenvalue weighted by molar-refractivity contribution is 0.414. The largest absolute Gasteiger partial charge is 0.389 e. The van der Waals surface area contributed by atoms with E-state index < -0.39 is 10.0 Å². The predicted octanol–water partition coefficient (Wildman–Crippen LogP) is 2.03. The van der Waals surface area contributed by atoms with Crippen LogP contribution in [0.15, 0.2) is 24.3 Å². The quantitative estimate of drug-likeness (QED) is 0.755. The van der Waals surface area contributed by atoms with Crippen LogP contribution in [0.1, 0.15) is 31.9 Å². The third kappa shape index (κ3) is 5.56. The van der Waals surface area contributed by atoms with Gasteiger partial charge in [-0.3, -0.25) is 0 Å². The molecule has 1 atom stereocenters. The van der Waals surface area contributed by atoms with Gasteiger partial charge in [-0.15, -0.1) is 0 Å². The normalized spacial score (nSPS) is 13.4. The van der Waals surface area contributed by atoms with Crippen LogP contribution in [0, 0.1) is 11.8 Å². The minimum Gasteiger partial charge on any atom is -0.389 e. The molecule has 3 N–H and O–H groups in total. The van der Waals surface area contributed by atoms with Crippen molar-refractivity contribution in [2.45, 2.75) is 26.5 Å². The SMILES string of the molecule is CC(C)C(C)CNS(=O)(=O)Cc1cccc(C(N)=S)c1. The van der Waals surface area contributed by atoms with Gasteiger partial charge in [0.05, 0.1) is 5.75 Å². The fraction of sp³-hybridized carbons (Fsp3) is 0.500. The maximum Gasteiger partial charge on any atom is 0.215 e. The third-order valence-corrected chi connectivity index (χ3v) is 4.89. The zero-order valence-corrected chi connectivity index (χ0v) is 13.7. The van der Waals surface area contributed by atoms with Crippen LogP contribution >= 0.6 is 12.2 Å². The highest BCUT2D eigenvalue weighted by molar-refractivity contribution is 7.88. The summed E-state index contributed by atoms with van der Waals surface area (Å²) in [6.45, 7) is 6.63. The molecule has 1 aromatic rings. The van der Waals surface area contributed by atoms with Gasteiger partial charge in [-0.2, -0.15) is 0 Å². The van der Waals surface area contributed by atoms with Crippen LogP contribution in [-0.2, 0) is 15.8 Å². The molecule has 0 aliphatic carbocycles. The number of nitrogens with one attached hydrogen (secondary N) is 1. The number of rotatable bonds is 7. The molecule has 1 unspecified atom stereocenters. The van der Waals surface area contributed by atoms with Gasteiger partial charge in [0.25, 0.3) is 0 Å². The van der Waals surface area contributed by atoms with E-state index in [1.807, 2.05) is 6.92 Å². The third-order valence-electron chi connectivity index (χ3n) is 3.33. The maximum atomic E-state index is 12.0. The van der Waals surface area contributed by atoms with Crippen LogP contribution in [-0.4, -0.2) is 20.0 Å². The molecule has 0 saturated heterocycles.